The third kappa shape index (κ3) is 5.83. The number of aromatic nitrogens is 1. The summed E-state index contributed by atoms with van der Waals surface area (Å²) in [7, 11) is 5.48. The zero-order chi connectivity index (χ0) is 23.1. The summed E-state index contributed by atoms with van der Waals surface area (Å²) < 4.78 is 12.4. The first-order valence-corrected chi connectivity index (χ1v) is 9.96. The lowest BCUT2D eigenvalue weighted by Gasteiger charge is -2.17. The fourth-order valence-electron chi connectivity index (χ4n) is 3.51. The third-order valence-corrected chi connectivity index (χ3v) is 5.03. The number of hydrogen-bond acceptors (Lipinski definition) is 6. The van der Waals surface area contributed by atoms with E-state index in [9.17, 15) is 14.9 Å². The number of nitriles is 1. The number of aryl methyl sites for hydroxylation is 1. The van der Waals surface area contributed by atoms with Gasteiger partial charge >= 0.3 is 5.97 Å². The van der Waals surface area contributed by atoms with Gasteiger partial charge < -0.3 is 18.9 Å². The fourth-order valence-corrected chi connectivity index (χ4v) is 3.51. The molecule has 1 atom stereocenters. The first kappa shape index (κ1) is 23.9. The van der Waals surface area contributed by atoms with Crippen LogP contribution in [0.3, 0.4) is 0 Å². The number of Topliss-reactive ketones (excluding diaryl/α,β-unsaturated/α-hetero) is 1. The Balaban J connectivity index is 2.09. The monoisotopic (exact) mass is 423 g/mol. The quantitative estimate of drug-likeness (QED) is 0.265. The number of carbonyl (C=O) groups is 2. The number of hydrogen-bond donors (Lipinski definition) is 0. The molecule has 0 fully saturated rings. The van der Waals surface area contributed by atoms with Gasteiger partial charge in [-0.2, -0.15) is 5.26 Å². The van der Waals surface area contributed by atoms with Crippen molar-refractivity contribution in [1.29, 1.82) is 5.26 Å². The molecule has 7 nitrogen and oxygen atoms in total. The Bertz CT molecular complexity index is 1010. The van der Waals surface area contributed by atoms with Gasteiger partial charge in [0.15, 0.2) is 6.61 Å². The van der Waals surface area contributed by atoms with Gasteiger partial charge in [-0.3, -0.25) is 4.79 Å². The second-order valence-corrected chi connectivity index (χ2v) is 7.61. The molecule has 0 unspecified atom stereocenters. The van der Waals surface area contributed by atoms with E-state index in [0.717, 1.165) is 17.1 Å². The van der Waals surface area contributed by atoms with E-state index >= 15 is 0 Å². The Morgan fingerprint density at radius 1 is 1.23 bits per heavy atom. The molecule has 0 amide bonds. The van der Waals surface area contributed by atoms with Crippen molar-refractivity contribution in [2.24, 2.45) is 0 Å². The Morgan fingerprint density at radius 3 is 2.42 bits per heavy atom. The van der Waals surface area contributed by atoms with Gasteiger partial charge in [-0.1, -0.05) is 12.1 Å². The third-order valence-electron chi connectivity index (χ3n) is 5.03. The summed E-state index contributed by atoms with van der Waals surface area (Å²) >= 11 is 0. The topological polar surface area (TPSA) is 84.6 Å². The second-order valence-electron chi connectivity index (χ2n) is 7.61. The van der Waals surface area contributed by atoms with Crippen molar-refractivity contribution in [3.8, 4) is 6.07 Å². The summed E-state index contributed by atoms with van der Waals surface area (Å²) in [4.78, 5) is 27.0. The molecule has 31 heavy (non-hydrogen) atoms. The molecule has 2 aromatic rings. The summed E-state index contributed by atoms with van der Waals surface area (Å²) in [5, 5.41) is 9.35. The van der Waals surface area contributed by atoms with Crippen molar-refractivity contribution >= 4 is 23.5 Å². The Labute approximate surface area is 183 Å². The van der Waals surface area contributed by atoms with Gasteiger partial charge in [-0.05, 0) is 50.6 Å². The molecule has 0 saturated heterocycles. The van der Waals surface area contributed by atoms with Crippen LogP contribution < -0.4 is 4.90 Å². The van der Waals surface area contributed by atoms with Gasteiger partial charge in [0.25, 0.3) is 0 Å². The first-order valence-electron chi connectivity index (χ1n) is 9.96. The van der Waals surface area contributed by atoms with Crippen molar-refractivity contribution in [2.75, 3.05) is 39.3 Å². The molecule has 0 bridgehead atoms. The molecule has 0 saturated carbocycles. The van der Waals surface area contributed by atoms with Crippen LogP contribution in [0.4, 0.5) is 5.69 Å². The van der Waals surface area contributed by atoms with E-state index in [4.69, 9.17) is 9.47 Å². The van der Waals surface area contributed by atoms with Crippen molar-refractivity contribution in [3.05, 3.63) is 58.4 Å². The Kier molecular flexibility index (Phi) is 8.17. The predicted octanol–water partition coefficient (Wildman–Crippen LogP) is 3.71. The average molecular weight is 424 g/mol. The molecule has 0 aliphatic heterocycles. The summed E-state index contributed by atoms with van der Waals surface area (Å²) in [6.45, 7) is 5.87. The minimum atomic E-state index is -0.825. The van der Waals surface area contributed by atoms with Crippen LogP contribution in [0.1, 0.15) is 40.3 Å². The van der Waals surface area contributed by atoms with Crippen molar-refractivity contribution in [2.45, 2.75) is 26.8 Å². The molecule has 1 aromatic carbocycles. The maximum Gasteiger partial charge on any atom is 0.349 e. The Morgan fingerprint density at radius 2 is 1.87 bits per heavy atom. The molecule has 1 aromatic heterocycles. The zero-order valence-electron chi connectivity index (χ0n) is 18.9. The molecule has 1 heterocycles. The summed E-state index contributed by atoms with van der Waals surface area (Å²) in [6, 6.07) is 11.1. The van der Waals surface area contributed by atoms with Gasteiger partial charge in [-0.15, -0.1) is 0 Å². The van der Waals surface area contributed by atoms with Crippen LogP contribution in [0.25, 0.3) is 6.08 Å². The minimum Gasteiger partial charge on any atom is -0.453 e. The smallest absolute Gasteiger partial charge is 0.349 e. The number of anilines is 1. The fraction of sp³-hybridized carbons (Fsp3) is 0.375. The highest BCUT2D eigenvalue weighted by Crippen LogP contribution is 2.21. The summed E-state index contributed by atoms with van der Waals surface area (Å²) in [6.07, 6.45) is 1.45. The normalized spacial score (nSPS) is 12.2. The van der Waals surface area contributed by atoms with Crippen LogP contribution in [0, 0.1) is 25.2 Å². The van der Waals surface area contributed by atoms with Crippen LogP contribution in [0.2, 0.25) is 0 Å². The predicted molar refractivity (Wildman–Crippen MR) is 120 cm³/mol. The van der Waals surface area contributed by atoms with Crippen LogP contribution in [-0.2, 0) is 14.3 Å². The molecule has 0 aliphatic carbocycles. The van der Waals surface area contributed by atoms with Crippen molar-refractivity contribution in [3.63, 3.8) is 0 Å². The minimum absolute atomic E-state index is 0.0705. The van der Waals surface area contributed by atoms with E-state index in [-0.39, 0.29) is 17.4 Å². The van der Waals surface area contributed by atoms with Gasteiger partial charge in [0.2, 0.25) is 5.78 Å². The lowest BCUT2D eigenvalue weighted by molar-refractivity contribution is -0.137. The largest absolute Gasteiger partial charge is 0.453 e. The Hall–Kier alpha value is -3.37. The lowest BCUT2D eigenvalue weighted by atomic mass is 10.1. The van der Waals surface area contributed by atoms with E-state index in [1.807, 2.05) is 62.5 Å². The van der Waals surface area contributed by atoms with Crippen LogP contribution in [-0.4, -0.2) is 50.7 Å². The molecular weight excluding hydrogens is 394 g/mol. The van der Waals surface area contributed by atoms with E-state index in [1.54, 1.807) is 25.3 Å². The molecule has 0 aliphatic rings. The summed E-state index contributed by atoms with van der Waals surface area (Å²) in [5.74, 6) is -1.14. The first-order chi connectivity index (χ1) is 14.7. The number of esters is 1. The van der Waals surface area contributed by atoms with Crippen LogP contribution in [0.15, 0.2) is 35.9 Å². The van der Waals surface area contributed by atoms with Gasteiger partial charge in [0.1, 0.15) is 11.6 Å². The molecule has 2 rings (SSSR count). The number of nitrogens with zero attached hydrogens (tertiary/aromatic N) is 3. The van der Waals surface area contributed by atoms with Gasteiger partial charge in [0, 0.05) is 43.8 Å². The SMILES string of the molecule is COC[C@@H](C)n1c(C)cc(C(=O)COC(=O)/C(C#N)=C/c2ccc(N(C)C)cc2)c1C. The second kappa shape index (κ2) is 10.6. The summed E-state index contributed by atoms with van der Waals surface area (Å²) in [5.41, 5.74) is 3.75. The van der Waals surface area contributed by atoms with E-state index in [0.29, 0.717) is 17.7 Å². The highest BCUT2D eigenvalue weighted by atomic mass is 16.5. The highest BCUT2D eigenvalue weighted by molar-refractivity contribution is 6.02. The van der Waals surface area contributed by atoms with E-state index in [1.165, 1.54) is 6.08 Å². The standard InChI is InChI=1S/C24H29N3O4/c1-16-11-22(18(3)27(16)17(2)14-30-6)23(28)15-31-24(29)20(13-25)12-19-7-9-21(10-8-19)26(4)5/h7-12,17H,14-15H2,1-6H3/b20-12+/t17-/m1/s1. The molecule has 0 radical (unpaired) electrons. The molecule has 7 heteroatoms. The lowest BCUT2D eigenvalue weighted by Crippen LogP contribution is -2.17. The van der Waals surface area contributed by atoms with Gasteiger partial charge in [-0.25, -0.2) is 4.79 Å². The highest BCUT2D eigenvalue weighted by Gasteiger charge is 2.20. The molecule has 0 spiro atoms. The molecular formula is C24H29N3O4. The van der Waals surface area contributed by atoms with E-state index in [2.05, 4.69) is 0 Å². The average Bonchev–Trinajstić information content (AvgIpc) is 3.04. The number of benzene rings is 1. The van der Waals surface area contributed by atoms with Crippen LogP contribution in [0.5, 0.6) is 0 Å². The maximum absolute atomic E-state index is 12.7. The van der Waals surface area contributed by atoms with Crippen LogP contribution >= 0.6 is 0 Å². The number of carbonyl (C=O) groups excluding carboxylic acids is 2. The number of methoxy groups -OCH3 is 1. The number of ketones is 1. The number of ether oxygens (including phenoxy) is 2. The van der Waals surface area contributed by atoms with Crippen molar-refractivity contribution in [1.82, 2.24) is 4.57 Å². The molecule has 164 valence electrons. The maximum atomic E-state index is 12.7. The van der Waals surface area contributed by atoms with E-state index < -0.39 is 12.6 Å². The molecule has 0 N–H and O–H groups in total. The van der Waals surface area contributed by atoms with Crippen molar-refractivity contribution < 1.29 is 19.1 Å². The zero-order valence-corrected chi connectivity index (χ0v) is 18.9. The van der Waals surface area contributed by atoms with Gasteiger partial charge in [0.05, 0.1) is 12.6 Å². The number of rotatable bonds is 9.